The first-order valence-corrected chi connectivity index (χ1v) is 8.15. The number of nitrogens with zero attached hydrogens (tertiary/aromatic N) is 3. The van der Waals surface area contributed by atoms with Crippen LogP contribution in [0.5, 0.6) is 0 Å². The van der Waals surface area contributed by atoms with Crippen LogP contribution in [0.15, 0.2) is 10.7 Å². The van der Waals surface area contributed by atoms with E-state index in [-0.39, 0.29) is 0 Å². The Morgan fingerprint density at radius 2 is 1.95 bits per heavy atom. The Labute approximate surface area is 125 Å². The normalized spacial score (nSPS) is 23.4. The van der Waals surface area contributed by atoms with Gasteiger partial charge in [0.1, 0.15) is 16.2 Å². The van der Waals surface area contributed by atoms with Gasteiger partial charge in [-0.3, -0.25) is 0 Å². The summed E-state index contributed by atoms with van der Waals surface area (Å²) in [5.74, 6) is 2.89. The van der Waals surface area contributed by atoms with Crippen molar-refractivity contribution in [2.75, 3.05) is 11.9 Å². The first-order chi connectivity index (χ1) is 9.10. The van der Waals surface area contributed by atoms with E-state index in [9.17, 15) is 0 Å². The van der Waals surface area contributed by atoms with Crippen LogP contribution < -0.4 is 4.90 Å². The van der Waals surface area contributed by atoms with Crippen molar-refractivity contribution >= 4 is 21.7 Å². The Morgan fingerprint density at radius 3 is 2.58 bits per heavy atom. The van der Waals surface area contributed by atoms with Crippen LogP contribution in [0.3, 0.4) is 0 Å². The number of hydrogen-bond acceptors (Lipinski definition) is 3. The minimum Gasteiger partial charge on any atom is -0.357 e. The summed E-state index contributed by atoms with van der Waals surface area (Å²) in [6, 6.07) is 2.67. The molecule has 0 amide bonds. The topological polar surface area (TPSA) is 29.0 Å². The second-order valence-corrected chi connectivity index (χ2v) is 6.55. The standard InChI is InChI=1S/C15H24BrN3/c1-4-5-14-17-13(16)10-15(18-14)19(3)12-8-6-11(2)7-9-12/h10-12H,4-9H2,1-3H3. The van der Waals surface area contributed by atoms with Crippen molar-refractivity contribution in [3.05, 3.63) is 16.5 Å². The fourth-order valence-corrected chi connectivity index (χ4v) is 3.19. The summed E-state index contributed by atoms with van der Waals surface area (Å²) in [5, 5.41) is 0. The van der Waals surface area contributed by atoms with Gasteiger partial charge < -0.3 is 4.90 Å². The molecular formula is C15H24BrN3. The highest BCUT2D eigenvalue weighted by molar-refractivity contribution is 9.10. The van der Waals surface area contributed by atoms with Crippen molar-refractivity contribution in [2.45, 2.75) is 58.4 Å². The van der Waals surface area contributed by atoms with Gasteiger partial charge in [-0.25, -0.2) is 9.97 Å². The molecule has 1 aliphatic rings. The first kappa shape index (κ1) is 14.8. The summed E-state index contributed by atoms with van der Waals surface area (Å²) >= 11 is 3.51. The van der Waals surface area contributed by atoms with Crippen molar-refractivity contribution in [3.63, 3.8) is 0 Å². The van der Waals surface area contributed by atoms with Crippen molar-refractivity contribution in [2.24, 2.45) is 5.92 Å². The van der Waals surface area contributed by atoms with E-state index >= 15 is 0 Å². The molecular weight excluding hydrogens is 302 g/mol. The maximum Gasteiger partial charge on any atom is 0.133 e. The predicted molar refractivity (Wildman–Crippen MR) is 83.6 cm³/mol. The van der Waals surface area contributed by atoms with Crippen molar-refractivity contribution in [1.82, 2.24) is 9.97 Å². The van der Waals surface area contributed by atoms with Crippen LogP contribution >= 0.6 is 15.9 Å². The quantitative estimate of drug-likeness (QED) is 0.776. The fourth-order valence-electron chi connectivity index (χ4n) is 2.78. The van der Waals surface area contributed by atoms with Gasteiger partial charge in [0.25, 0.3) is 0 Å². The lowest BCUT2D eigenvalue weighted by Crippen LogP contribution is -2.35. The van der Waals surface area contributed by atoms with Crippen LogP contribution in [0, 0.1) is 5.92 Å². The number of anilines is 1. The smallest absolute Gasteiger partial charge is 0.133 e. The summed E-state index contributed by atoms with van der Waals surface area (Å²) in [7, 11) is 2.17. The maximum absolute atomic E-state index is 4.70. The number of rotatable bonds is 4. The van der Waals surface area contributed by atoms with Gasteiger partial charge >= 0.3 is 0 Å². The summed E-state index contributed by atoms with van der Waals surface area (Å²) in [6.07, 6.45) is 7.26. The Hall–Kier alpha value is -0.640. The third-order valence-electron chi connectivity index (χ3n) is 4.10. The molecule has 0 spiro atoms. The van der Waals surface area contributed by atoms with Crippen LogP contribution in [0.4, 0.5) is 5.82 Å². The fraction of sp³-hybridized carbons (Fsp3) is 0.733. The number of aryl methyl sites for hydroxylation is 1. The molecule has 1 aromatic rings. The molecule has 0 atom stereocenters. The minimum atomic E-state index is 0.632. The molecule has 1 aliphatic carbocycles. The zero-order valence-corrected chi connectivity index (χ0v) is 13.8. The summed E-state index contributed by atoms with van der Waals surface area (Å²) in [4.78, 5) is 11.5. The lowest BCUT2D eigenvalue weighted by atomic mass is 9.87. The maximum atomic E-state index is 4.70. The van der Waals surface area contributed by atoms with Gasteiger partial charge in [-0.15, -0.1) is 0 Å². The molecule has 1 saturated carbocycles. The van der Waals surface area contributed by atoms with Gasteiger partial charge in [0.05, 0.1) is 0 Å². The molecule has 0 N–H and O–H groups in total. The molecule has 2 rings (SSSR count). The summed E-state index contributed by atoms with van der Waals surface area (Å²) < 4.78 is 0.900. The Bertz CT molecular complexity index is 414. The molecule has 1 aromatic heterocycles. The van der Waals surface area contributed by atoms with Crippen molar-refractivity contribution in [1.29, 1.82) is 0 Å². The van der Waals surface area contributed by atoms with E-state index in [4.69, 9.17) is 4.98 Å². The molecule has 0 aliphatic heterocycles. The van der Waals surface area contributed by atoms with Crippen LogP contribution in [0.1, 0.15) is 51.8 Å². The lowest BCUT2D eigenvalue weighted by Gasteiger charge is -2.34. The van der Waals surface area contributed by atoms with Gasteiger partial charge in [-0.05, 0) is 54.0 Å². The van der Waals surface area contributed by atoms with E-state index < -0.39 is 0 Å². The van der Waals surface area contributed by atoms with Gasteiger partial charge in [0, 0.05) is 25.6 Å². The molecule has 1 heterocycles. The molecule has 106 valence electrons. The molecule has 0 unspecified atom stereocenters. The third kappa shape index (κ3) is 3.91. The monoisotopic (exact) mass is 325 g/mol. The van der Waals surface area contributed by atoms with E-state index in [1.165, 1.54) is 25.7 Å². The zero-order valence-electron chi connectivity index (χ0n) is 12.2. The molecule has 4 heteroatoms. The van der Waals surface area contributed by atoms with Gasteiger partial charge in [0.2, 0.25) is 0 Å². The molecule has 0 bridgehead atoms. The molecule has 0 aromatic carbocycles. The predicted octanol–water partition coefficient (Wildman–Crippen LogP) is 4.21. The molecule has 3 nitrogen and oxygen atoms in total. The highest BCUT2D eigenvalue weighted by Gasteiger charge is 2.23. The first-order valence-electron chi connectivity index (χ1n) is 7.36. The number of hydrogen-bond donors (Lipinski definition) is 0. The minimum absolute atomic E-state index is 0.632. The van der Waals surface area contributed by atoms with Crippen LogP contribution in [-0.4, -0.2) is 23.1 Å². The van der Waals surface area contributed by atoms with Crippen LogP contribution in [0.2, 0.25) is 0 Å². The van der Waals surface area contributed by atoms with Crippen molar-refractivity contribution < 1.29 is 0 Å². The average Bonchev–Trinajstić information content (AvgIpc) is 2.38. The number of halogens is 1. The second kappa shape index (κ2) is 6.69. The number of aromatic nitrogens is 2. The lowest BCUT2D eigenvalue weighted by molar-refractivity contribution is 0.340. The van der Waals surface area contributed by atoms with Crippen LogP contribution in [-0.2, 0) is 6.42 Å². The highest BCUT2D eigenvalue weighted by Crippen LogP contribution is 2.29. The molecule has 19 heavy (non-hydrogen) atoms. The van der Waals surface area contributed by atoms with Gasteiger partial charge in [0.15, 0.2) is 0 Å². The largest absolute Gasteiger partial charge is 0.357 e. The van der Waals surface area contributed by atoms with E-state index in [0.717, 1.165) is 35.0 Å². The van der Waals surface area contributed by atoms with Gasteiger partial charge in [-0.2, -0.15) is 0 Å². The van der Waals surface area contributed by atoms with Gasteiger partial charge in [-0.1, -0.05) is 13.8 Å². The zero-order chi connectivity index (χ0) is 13.8. The second-order valence-electron chi connectivity index (χ2n) is 5.74. The highest BCUT2D eigenvalue weighted by atomic mass is 79.9. The molecule has 0 radical (unpaired) electrons. The average molecular weight is 326 g/mol. The Balaban J connectivity index is 2.11. The van der Waals surface area contributed by atoms with Crippen LogP contribution in [0.25, 0.3) is 0 Å². The van der Waals surface area contributed by atoms with E-state index in [1.54, 1.807) is 0 Å². The summed E-state index contributed by atoms with van der Waals surface area (Å²) in [6.45, 7) is 4.52. The van der Waals surface area contributed by atoms with E-state index in [2.05, 4.69) is 46.7 Å². The Morgan fingerprint density at radius 1 is 1.26 bits per heavy atom. The molecule has 0 saturated heterocycles. The Kier molecular flexibility index (Phi) is 5.20. The molecule has 1 fully saturated rings. The third-order valence-corrected chi connectivity index (χ3v) is 4.50. The SMILES string of the molecule is CCCc1nc(Br)cc(N(C)C2CCC(C)CC2)n1. The van der Waals surface area contributed by atoms with E-state index in [1.807, 2.05) is 6.07 Å². The van der Waals surface area contributed by atoms with Crippen molar-refractivity contribution in [3.8, 4) is 0 Å². The van der Waals surface area contributed by atoms with E-state index in [0.29, 0.717) is 6.04 Å². The summed E-state index contributed by atoms with van der Waals surface area (Å²) in [5.41, 5.74) is 0.